The van der Waals surface area contributed by atoms with Gasteiger partial charge in [0.05, 0.1) is 15.9 Å². The summed E-state index contributed by atoms with van der Waals surface area (Å²) in [6.45, 7) is 1.86. The first-order valence-electron chi connectivity index (χ1n) is 3.73. The van der Waals surface area contributed by atoms with E-state index < -0.39 is 9.73 Å². The van der Waals surface area contributed by atoms with Crippen molar-refractivity contribution < 1.29 is 4.21 Å². The van der Waals surface area contributed by atoms with Gasteiger partial charge in [-0.1, -0.05) is 6.92 Å². The lowest BCUT2D eigenvalue weighted by Crippen LogP contribution is -1.99. The molecule has 68 valence electrons. The number of hydrogen-bond acceptors (Lipinski definition) is 3. The fourth-order valence-corrected chi connectivity index (χ4v) is 1.42. The number of aromatic nitrogens is 2. The van der Waals surface area contributed by atoms with Gasteiger partial charge in [0, 0.05) is 25.1 Å². The molecule has 0 spiro atoms. The van der Waals surface area contributed by atoms with E-state index in [9.17, 15) is 4.21 Å². The van der Waals surface area contributed by atoms with Crippen molar-refractivity contribution in [2.45, 2.75) is 6.92 Å². The lowest BCUT2D eigenvalue weighted by atomic mass is 10.7. The third kappa shape index (κ3) is 2.07. The molecule has 0 amide bonds. The van der Waals surface area contributed by atoms with Gasteiger partial charge in [0.2, 0.25) is 0 Å². The van der Waals surface area contributed by atoms with E-state index in [0.717, 1.165) is 0 Å². The van der Waals surface area contributed by atoms with Crippen LogP contribution in [-0.4, -0.2) is 26.0 Å². The summed E-state index contributed by atoms with van der Waals surface area (Å²) >= 11 is 0. The van der Waals surface area contributed by atoms with Crippen LogP contribution in [0.4, 0.5) is 5.82 Å². The van der Waals surface area contributed by atoms with Gasteiger partial charge >= 0.3 is 0 Å². The Kier molecular flexibility index (Phi) is 2.52. The Morgan fingerprint density at radius 1 is 1.75 bits per heavy atom. The van der Waals surface area contributed by atoms with Crippen molar-refractivity contribution in [3.63, 3.8) is 0 Å². The smallest absolute Gasteiger partial charge is 0.159 e. The molecule has 1 aromatic rings. The Balaban J connectivity index is 3.12. The Morgan fingerprint density at radius 2 is 2.42 bits per heavy atom. The third-order valence-electron chi connectivity index (χ3n) is 1.62. The van der Waals surface area contributed by atoms with Crippen LogP contribution in [0, 0.1) is 0 Å². The largest absolute Gasteiger partial charge is 0.250 e. The van der Waals surface area contributed by atoms with E-state index in [1.54, 1.807) is 30.2 Å². The van der Waals surface area contributed by atoms with Crippen LogP contribution < -0.4 is 0 Å². The van der Waals surface area contributed by atoms with Gasteiger partial charge in [-0.15, -0.1) is 0 Å². The molecule has 1 atom stereocenters. The van der Waals surface area contributed by atoms with Crippen molar-refractivity contribution in [2.75, 3.05) is 12.0 Å². The molecule has 12 heavy (non-hydrogen) atoms. The Hall–Kier alpha value is -0.840. The topological polar surface area (TPSA) is 47.2 Å². The van der Waals surface area contributed by atoms with Gasteiger partial charge in [0.15, 0.2) is 5.82 Å². The van der Waals surface area contributed by atoms with Crippen LogP contribution in [0.5, 0.6) is 0 Å². The minimum absolute atomic E-state index is 0.568. The summed E-state index contributed by atoms with van der Waals surface area (Å²) in [7, 11) is -0.269. The highest BCUT2D eigenvalue weighted by atomic mass is 32.2. The van der Waals surface area contributed by atoms with Crippen LogP contribution in [0.3, 0.4) is 0 Å². The van der Waals surface area contributed by atoms with Crippen LogP contribution in [0.15, 0.2) is 16.6 Å². The fraction of sp³-hybridized carbons (Fsp3) is 0.571. The molecule has 0 saturated heterocycles. The summed E-state index contributed by atoms with van der Waals surface area (Å²) in [5.41, 5.74) is 0. The number of aryl methyl sites for hydroxylation is 1. The second-order valence-corrected chi connectivity index (χ2v) is 5.33. The molecule has 0 aliphatic carbocycles. The van der Waals surface area contributed by atoms with Crippen molar-refractivity contribution in [2.24, 2.45) is 11.4 Å². The van der Waals surface area contributed by atoms with Gasteiger partial charge in [-0.05, 0) is 0 Å². The lowest BCUT2D eigenvalue weighted by Gasteiger charge is -1.99. The molecule has 1 heterocycles. The second kappa shape index (κ2) is 3.26. The van der Waals surface area contributed by atoms with Crippen molar-refractivity contribution in [3.05, 3.63) is 12.3 Å². The summed E-state index contributed by atoms with van der Waals surface area (Å²) in [6, 6.07) is 1.75. The Morgan fingerprint density at radius 3 is 2.83 bits per heavy atom. The first kappa shape index (κ1) is 9.25. The van der Waals surface area contributed by atoms with E-state index in [0.29, 0.717) is 11.6 Å². The van der Waals surface area contributed by atoms with Gasteiger partial charge in [-0.25, -0.2) is 4.21 Å². The first-order valence-corrected chi connectivity index (χ1v) is 5.82. The zero-order chi connectivity index (χ0) is 9.19. The van der Waals surface area contributed by atoms with Crippen LogP contribution in [-0.2, 0) is 16.8 Å². The fourth-order valence-electron chi connectivity index (χ4n) is 0.719. The molecule has 0 saturated carbocycles. The average molecular weight is 187 g/mol. The predicted molar refractivity (Wildman–Crippen MR) is 49.9 cm³/mol. The molecular formula is C7H13N3OS. The molecule has 4 nitrogen and oxygen atoms in total. The quantitative estimate of drug-likeness (QED) is 0.697. The van der Waals surface area contributed by atoms with Crippen molar-refractivity contribution in [3.8, 4) is 0 Å². The standard InChI is InChI=1S/C7H13N3OS/c1-4-12(3,11)9-7-5-6-8-10(7)2/h5-6H,4H2,1-3H3. The average Bonchev–Trinajstić information content (AvgIpc) is 2.36. The normalized spacial score (nSPS) is 15.6. The molecule has 0 aliphatic rings. The number of rotatable bonds is 2. The molecule has 0 aliphatic heterocycles. The molecular weight excluding hydrogens is 174 g/mol. The monoisotopic (exact) mass is 187 g/mol. The number of hydrogen-bond donors (Lipinski definition) is 0. The maximum atomic E-state index is 11.6. The summed E-state index contributed by atoms with van der Waals surface area (Å²) < 4.78 is 17.3. The molecule has 0 N–H and O–H groups in total. The van der Waals surface area contributed by atoms with Crippen LogP contribution in [0.1, 0.15) is 6.92 Å². The van der Waals surface area contributed by atoms with Crippen LogP contribution in [0.2, 0.25) is 0 Å². The molecule has 0 aromatic carbocycles. The zero-order valence-corrected chi connectivity index (χ0v) is 8.34. The highest BCUT2D eigenvalue weighted by Crippen LogP contribution is 2.11. The minimum Gasteiger partial charge on any atom is -0.250 e. The molecule has 0 radical (unpaired) electrons. The highest BCUT2D eigenvalue weighted by Gasteiger charge is 2.00. The molecule has 0 fully saturated rings. The van der Waals surface area contributed by atoms with E-state index in [2.05, 4.69) is 9.46 Å². The van der Waals surface area contributed by atoms with Crippen LogP contribution >= 0.6 is 0 Å². The van der Waals surface area contributed by atoms with E-state index in [1.807, 2.05) is 6.92 Å². The molecule has 5 heteroatoms. The van der Waals surface area contributed by atoms with E-state index in [-0.39, 0.29) is 0 Å². The number of nitrogens with zero attached hydrogens (tertiary/aromatic N) is 3. The van der Waals surface area contributed by atoms with Gasteiger partial charge in [-0.2, -0.15) is 9.46 Å². The summed E-state index contributed by atoms with van der Waals surface area (Å²) in [5, 5.41) is 3.93. The van der Waals surface area contributed by atoms with Crippen molar-refractivity contribution in [1.29, 1.82) is 0 Å². The van der Waals surface area contributed by atoms with Gasteiger partial charge in [0.1, 0.15) is 0 Å². The van der Waals surface area contributed by atoms with Gasteiger partial charge in [-0.3, -0.25) is 4.68 Å². The Bertz CT molecular complexity index is 374. The SMILES string of the molecule is CCS(C)(=O)=Nc1ccnn1C. The van der Waals surface area contributed by atoms with Gasteiger partial charge in [0.25, 0.3) is 0 Å². The van der Waals surface area contributed by atoms with Crippen LogP contribution in [0.25, 0.3) is 0 Å². The van der Waals surface area contributed by atoms with Crippen molar-refractivity contribution >= 4 is 15.5 Å². The Labute approximate surface area is 72.8 Å². The minimum atomic E-state index is -2.05. The lowest BCUT2D eigenvalue weighted by molar-refractivity contribution is 0.680. The van der Waals surface area contributed by atoms with E-state index in [4.69, 9.17) is 0 Å². The zero-order valence-electron chi connectivity index (χ0n) is 7.52. The van der Waals surface area contributed by atoms with E-state index in [1.165, 1.54) is 0 Å². The molecule has 1 aromatic heterocycles. The first-order chi connectivity index (χ1) is 5.55. The summed E-state index contributed by atoms with van der Waals surface area (Å²) in [4.78, 5) is 0. The molecule has 0 bridgehead atoms. The summed E-state index contributed by atoms with van der Waals surface area (Å²) in [6.07, 6.45) is 3.30. The maximum Gasteiger partial charge on any atom is 0.159 e. The maximum absolute atomic E-state index is 11.6. The summed E-state index contributed by atoms with van der Waals surface area (Å²) in [5.74, 6) is 1.24. The third-order valence-corrected chi connectivity index (χ3v) is 3.26. The highest BCUT2D eigenvalue weighted by molar-refractivity contribution is 7.93. The van der Waals surface area contributed by atoms with E-state index >= 15 is 0 Å². The predicted octanol–water partition coefficient (Wildman–Crippen LogP) is 1.17. The molecule has 1 rings (SSSR count). The van der Waals surface area contributed by atoms with Crippen molar-refractivity contribution in [1.82, 2.24) is 9.78 Å². The molecule has 1 unspecified atom stereocenters. The van der Waals surface area contributed by atoms with Gasteiger partial charge < -0.3 is 0 Å². The second-order valence-electron chi connectivity index (χ2n) is 2.65.